The number of hydrogen-bond acceptors (Lipinski definition) is 2. The van der Waals surface area contributed by atoms with Gasteiger partial charge in [-0.1, -0.05) is 25.4 Å². The zero-order chi connectivity index (χ0) is 11.4. The molecule has 0 amide bonds. The zero-order valence-electron chi connectivity index (χ0n) is 9.70. The molecule has 1 rings (SSSR count). The summed E-state index contributed by atoms with van der Waals surface area (Å²) in [7, 11) is 0. The highest BCUT2D eigenvalue weighted by Gasteiger charge is 2.16. The van der Waals surface area contributed by atoms with Gasteiger partial charge in [0.15, 0.2) is 0 Å². The summed E-state index contributed by atoms with van der Waals surface area (Å²) in [6, 6.07) is 0.00218. The standard InChI is InChI=1S/C11H20ClN3/c1-4-15-11(9(12)7-14-15)10(13)6-5-8(2)3/h7-8,10H,4-6,13H2,1-3H3. The van der Waals surface area contributed by atoms with Crippen LogP contribution in [0.4, 0.5) is 0 Å². The van der Waals surface area contributed by atoms with Crippen molar-refractivity contribution in [2.24, 2.45) is 11.7 Å². The lowest BCUT2D eigenvalue weighted by Gasteiger charge is -2.15. The largest absolute Gasteiger partial charge is 0.323 e. The summed E-state index contributed by atoms with van der Waals surface area (Å²) >= 11 is 6.07. The Morgan fingerprint density at radius 3 is 2.67 bits per heavy atom. The van der Waals surface area contributed by atoms with Crippen LogP contribution in [0, 0.1) is 5.92 Å². The van der Waals surface area contributed by atoms with Crippen molar-refractivity contribution in [2.45, 2.75) is 46.2 Å². The van der Waals surface area contributed by atoms with Crippen molar-refractivity contribution in [2.75, 3.05) is 0 Å². The summed E-state index contributed by atoms with van der Waals surface area (Å²) in [4.78, 5) is 0. The number of nitrogens with two attached hydrogens (primary N) is 1. The molecule has 0 aliphatic rings. The van der Waals surface area contributed by atoms with Gasteiger partial charge in [-0.15, -0.1) is 0 Å². The van der Waals surface area contributed by atoms with Crippen molar-refractivity contribution >= 4 is 11.6 Å². The number of hydrogen-bond donors (Lipinski definition) is 1. The number of aryl methyl sites for hydroxylation is 1. The number of aromatic nitrogens is 2. The third-order valence-electron chi connectivity index (χ3n) is 2.54. The van der Waals surface area contributed by atoms with E-state index in [1.165, 1.54) is 0 Å². The lowest BCUT2D eigenvalue weighted by Crippen LogP contribution is -2.17. The first-order valence-corrected chi connectivity index (χ1v) is 5.90. The quantitative estimate of drug-likeness (QED) is 0.844. The molecule has 0 saturated carbocycles. The van der Waals surface area contributed by atoms with Crippen molar-refractivity contribution in [3.8, 4) is 0 Å². The van der Waals surface area contributed by atoms with Crippen LogP contribution in [0.2, 0.25) is 5.02 Å². The highest BCUT2D eigenvalue weighted by atomic mass is 35.5. The van der Waals surface area contributed by atoms with Crippen molar-refractivity contribution in [1.82, 2.24) is 9.78 Å². The lowest BCUT2D eigenvalue weighted by atomic mass is 10.0. The summed E-state index contributed by atoms with van der Waals surface area (Å²) in [6.07, 6.45) is 3.76. The Bertz CT molecular complexity index is 307. The molecule has 4 heteroatoms. The Morgan fingerprint density at radius 1 is 1.47 bits per heavy atom. The summed E-state index contributed by atoms with van der Waals surface area (Å²) in [5.74, 6) is 0.674. The fraction of sp³-hybridized carbons (Fsp3) is 0.727. The van der Waals surface area contributed by atoms with Gasteiger partial charge in [0, 0.05) is 12.6 Å². The van der Waals surface area contributed by atoms with E-state index in [0.717, 1.165) is 25.1 Å². The number of halogens is 1. The van der Waals surface area contributed by atoms with Crippen LogP contribution in [0.3, 0.4) is 0 Å². The second-order valence-corrected chi connectivity index (χ2v) is 4.68. The van der Waals surface area contributed by atoms with Gasteiger partial charge in [0.05, 0.1) is 16.9 Å². The molecule has 3 nitrogen and oxygen atoms in total. The maximum Gasteiger partial charge on any atom is 0.0834 e. The van der Waals surface area contributed by atoms with E-state index < -0.39 is 0 Å². The Labute approximate surface area is 96.6 Å². The fourth-order valence-electron chi connectivity index (χ4n) is 1.64. The fourth-order valence-corrected chi connectivity index (χ4v) is 1.92. The lowest BCUT2D eigenvalue weighted by molar-refractivity contribution is 0.479. The first-order chi connectivity index (χ1) is 7.06. The van der Waals surface area contributed by atoms with Crippen LogP contribution in [-0.4, -0.2) is 9.78 Å². The van der Waals surface area contributed by atoms with Gasteiger partial charge < -0.3 is 5.73 Å². The van der Waals surface area contributed by atoms with Crippen molar-refractivity contribution < 1.29 is 0 Å². The predicted molar refractivity (Wildman–Crippen MR) is 63.9 cm³/mol. The Morgan fingerprint density at radius 2 is 2.13 bits per heavy atom. The molecule has 0 radical (unpaired) electrons. The predicted octanol–water partition coefficient (Wildman–Crippen LogP) is 2.99. The number of rotatable bonds is 5. The van der Waals surface area contributed by atoms with Gasteiger partial charge in [-0.3, -0.25) is 4.68 Å². The third-order valence-corrected chi connectivity index (χ3v) is 2.83. The smallest absolute Gasteiger partial charge is 0.0834 e. The highest BCUT2D eigenvalue weighted by Crippen LogP contribution is 2.25. The van der Waals surface area contributed by atoms with Gasteiger partial charge in [0.25, 0.3) is 0 Å². The van der Waals surface area contributed by atoms with Gasteiger partial charge in [-0.25, -0.2) is 0 Å². The molecule has 1 heterocycles. The van der Waals surface area contributed by atoms with Crippen LogP contribution in [0.5, 0.6) is 0 Å². The SMILES string of the molecule is CCn1ncc(Cl)c1C(N)CCC(C)C. The van der Waals surface area contributed by atoms with Crippen LogP contribution in [0.25, 0.3) is 0 Å². The van der Waals surface area contributed by atoms with E-state index in [9.17, 15) is 0 Å². The minimum atomic E-state index is 0.00218. The molecule has 1 unspecified atom stereocenters. The Balaban J connectivity index is 2.71. The minimum absolute atomic E-state index is 0.00218. The molecule has 1 aromatic heterocycles. The van der Waals surface area contributed by atoms with Crippen LogP contribution in [-0.2, 0) is 6.54 Å². The molecular weight excluding hydrogens is 210 g/mol. The molecule has 15 heavy (non-hydrogen) atoms. The molecule has 0 bridgehead atoms. The molecule has 0 fully saturated rings. The third kappa shape index (κ3) is 3.21. The first-order valence-electron chi connectivity index (χ1n) is 5.53. The normalized spacial score (nSPS) is 13.5. The van der Waals surface area contributed by atoms with Crippen LogP contribution in [0.15, 0.2) is 6.20 Å². The van der Waals surface area contributed by atoms with Crippen LogP contribution < -0.4 is 5.73 Å². The van der Waals surface area contributed by atoms with E-state index in [1.54, 1.807) is 6.20 Å². The van der Waals surface area contributed by atoms with Gasteiger partial charge >= 0.3 is 0 Å². The molecule has 86 valence electrons. The number of nitrogens with zero attached hydrogens (tertiary/aromatic N) is 2. The van der Waals surface area contributed by atoms with E-state index >= 15 is 0 Å². The summed E-state index contributed by atoms with van der Waals surface area (Å²) in [6.45, 7) is 7.26. The van der Waals surface area contributed by atoms with Gasteiger partial charge in [0.1, 0.15) is 0 Å². The van der Waals surface area contributed by atoms with Gasteiger partial charge in [0.2, 0.25) is 0 Å². The first kappa shape index (κ1) is 12.5. The molecule has 2 N–H and O–H groups in total. The van der Waals surface area contributed by atoms with E-state index in [1.807, 2.05) is 11.6 Å². The summed E-state index contributed by atoms with van der Waals surface area (Å²) < 4.78 is 1.88. The van der Waals surface area contributed by atoms with Crippen LogP contribution >= 0.6 is 11.6 Å². The van der Waals surface area contributed by atoms with E-state index in [4.69, 9.17) is 17.3 Å². The molecule has 1 aromatic rings. The van der Waals surface area contributed by atoms with Crippen LogP contribution in [0.1, 0.15) is 45.3 Å². The maximum absolute atomic E-state index is 6.12. The monoisotopic (exact) mass is 229 g/mol. The maximum atomic E-state index is 6.12. The molecule has 0 aromatic carbocycles. The van der Waals surface area contributed by atoms with Crippen molar-refractivity contribution in [3.05, 3.63) is 16.9 Å². The second kappa shape index (κ2) is 5.52. The summed E-state index contributed by atoms with van der Waals surface area (Å²) in [5, 5.41) is 4.88. The second-order valence-electron chi connectivity index (χ2n) is 4.27. The minimum Gasteiger partial charge on any atom is -0.323 e. The molecule has 0 aliphatic carbocycles. The van der Waals surface area contributed by atoms with E-state index in [2.05, 4.69) is 18.9 Å². The molecule has 0 aliphatic heterocycles. The molecule has 1 atom stereocenters. The van der Waals surface area contributed by atoms with Gasteiger partial charge in [-0.05, 0) is 25.7 Å². The Kier molecular flexibility index (Phi) is 4.61. The molecule has 0 saturated heterocycles. The van der Waals surface area contributed by atoms with E-state index in [0.29, 0.717) is 10.9 Å². The van der Waals surface area contributed by atoms with Crippen molar-refractivity contribution in [1.29, 1.82) is 0 Å². The average molecular weight is 230 g/mol. The molecular formula is C11H20ClN3. The topological polar surface area (TPSA) is 43.8 Å². The van der Waals surface area contributed by atoms with E-state index in [-0.39, 0.29) is 6.04 Å². The highest BCUT2D eigenvalue weighted by molar-refractivity contribution is 6.31. The summed E-state index contributed by atoms with van der Waals surface area (Å²) in [5.41, 5.74) is 7.09. The average Bonchev–Trinajstić information content (AvgIpc) is 2.56. The zero-order valence-corrected chi connectivity index (χ0v) is 10.5. The molecule has 0 spiro atoms. The van der Waals surface area contributed by atoms with Crippen molar-refractivity contribution in [3.63, 3.8) is 0 Å². The Hall–Kier alpha value is -0.540. The van der Waals surface area contributed by atoms with Gasteiger partial charge in [-0.2, -0.15) is 5.10 Å².